The number of hydrogen-bond donors (Lipinski definition) is 10. The molecule has 84 heavy (non-hydrogen) atoms. The Hall–Kier alpha value is -2.23. The number of carbonyl (C=O) groups excluding carboxylic acids is 2. The Morgan fingerprint density at radius 1 is 0.548 bits per heavy atom. The average Bonchev–Trinajstić information content (AvgIpc) is 3.38. The molecule has 29 N–H and O–H groups in total. The Labute approximate surface area is 566 Å². The first-order chi connectivity index (χ1) is 35.7. The molecule has 0 saturated heterocycles. The first-order valence-electron chi connectivity index (χ1n) is 25.1. The van der Waals surface area contributed by atoms with Crippen LogP contribution < -0.4 is 51.2 Å². The van der Waals surface area contributed by atoms with Gasteiger partial charge in [0, 0.05) is 163 Å². The fraction of sp³-hybridized carbons (Fsp3) is 0.500. The van der Waals surface area contributed by atoms with E-state index in [9.17, 15) is 9.59 Å². The summed E-state index contributed by atoms with van der Waals surface area (Å²) in [6.07, 6.45) is 26.4. The molecule has 25 nitrogen and oxygen atoms in total. The van der Waals surface area contributed by atoms with Crippen molar-refractivity contribution in [3.05, 3.63) is 126 Å². The number of ketones is 2. The van der Waals surface area contributed by atoms with E-state index in [1.165, 1.54) is 51.4 Å². The molecule has 4 aromatic rings. The Kier molecular flexibility index (Phi) is 64.1. The van der Waals surface area contributed by atoms with Gasteiger partial charge in [0.15, 0.2) is 5.78 Å². The van der Waals surface area contributed by atoms with Gasteiger partial charge in [-0.25, -0.2) is 0 Å². The third kappa shape index (κ3) is 35.7. The Morgan fingerprint density at radius 2 is 0.821 bits per heavy atom. The Balaban J connectivity index is -0.000000133. The van der Waals surface area contributed by atoms with Crippen molar-refractivity contribution >= 4 is 75.5 Å². The zero-order valence-corrected chi connectivity index (χ0v) is 58.7. The number of carbonyl (C=O) groups is 1. The van der Waals surface area contributed by atoms with Crippen LogP contribution in [0.15, 0.2) is 72.8 Å². The fourth-order valence-corrected chi connectivity index (χ4v) is 9.25. The number of allylic oxidation sites excluding steroid dienone is 2. The predicted octanol–water partition coefficient (Wildman–Crippen LogP) is 4.00. The molecule has 4 fully saturated rings. The van der Waals surface area contributed by atoms with Crippen molar-refractivity contribution < 1.29 is 154 Å². The minimum absolute atomic E-state index is 0. The van der Waals surface area contributed by atoms with Crippen LogP contribution in [0.1, 0.15) is 130 Å². The normalized spacial score (nSPS) is 21.0. The van der Waals surface area contributed by atoms with E-state index in [1.54, 1.807) is 19.2 Å². The average molecular weight is 2050 g/mol. The molecule has 0 aliphatic heterocycles. The van der Waals surface area contributed by atoms with Crippen LogP contribution in [-0.4, -0.2) is 122 Å². The topological polar surface area (TPSA) is 560 Å². The van der Waals surface area contributed by atoms with Crippen LogP contribution in [0.5, 0.6) is 0 Å². The smallest absolute Gasteiger partial charge is 0 e. The monoisotopic (exact) mass is 2050 g/mol. The standard InChI is InChI=1S/2C14H11NO.4C6H14N2.Ag.2ClH.HNO3.NO3.5H2O.4Pt/c2*1-15-11-7-5-9-3-2-4-10-6-8-12(16)14(11)13(9)10;4*7-5-3-1-2-4-6(5)8;;;;2*2-1(3)4;;;;;;;;;/h2-8H,1H3,(H,15,16);2-8,15H,1H3;4*5-6H,1-4,7-8H2;;2*1H;(H,2,3,4);;5*1H2;;;;/q;;;;;;;;;;-1;;;;;;;;;+2/p-2/t;;4*5-,6-;;;;;;;;;;;;;;/m..0000............../s1. The molecule has 1 radical (unpaired) electrons. The maximum absolute atomic E-state index is 11.9. The van der Waals surface area contributed by atoms with Crippen LogP contribution in [0.4, 0.5) is 11.4 Å². The minimum atomic E-state index is -1.75. The number of hydrogen-bond acceptors (Lipinski definition) is 15. The Morgan fingerprint density at radius 3 is 1.10 bits per heavy atom. The number of nitrogens with one attached hydrogen (secondary N) is 1. The van der Waals surface area contributed by atoms with Gasteiger partial charge in [0.1, 0.15) is 0 Å². The van der Waals surface area contributed by atoms with Gasteiger partial charge in [0.25, 0.3) is 5.09 Å². The van der Waals surface area contributed by atoms with E-state index in [4.69, 9.17) is 95.3 Å². The van der Waals surface area contributed by atoms with E-state index in [2.05, 4.69) is 10.6 Å². The molecular weight excluding hydrogens is 1960 g/mol. The summed E-state index contributed by atoms with van der Waals surface area (Å²) in [5.74, 6) is 0.374. The van der Waals surface area contributed by atoms with Gasteiger partial charge in [-0.05, 0) is 91.5 Å². The molecule has 0 unspecified atom stereocenters. The largest absolute Gasteiger partial charge is 0 e. The SMILES string of the molecule is CNc1ccc2cccc3c2c1C(=O)C=C3.C[N-]c1ccc2cccc3c2c1C(=[OH+])C=C3.N[C@H]1CCCC[C@@H]1N.N[C@H]1CCCC[C@@H]1N.N[C@H]1CCCC[C@@H]1N.N[C@H]1CCCC[C@@H]1N.O.O.O.O.O.O=[N+]([O-])O.O=[N+]([O-])[O-].[Ag].[Cl][Pt][Cl].[Pt].[Pt].[Pt]. The summed E-state index contributed by atoms with van der Waals surface area (Å²) >= 11 is -0.472. The number of benzene rings is 4. The second-order valence-electron chi connectivity index (χ2n) is 18.7. The van der Waals surface area contributed by atoms with Gasteiger partial charge in [-0.15, -0.1) is 22.8 Å². The molecule has 6 aliphatic carbocycles. The Bertz CT molecular complexity index is 2240. The molecule has 32 heteroatoms. The van der Waals surface area contributed by atoms with Gasteiger partial charge in [0.2, 0.25) is 0 Å². The molecule has 0 amide bonds. The summed E-state index contributed by atoms with van der Waals surface area (Å²) in [5, 5.41) is 40.1. The predicted molar refractivity (Wildman–Crippen MR) is 321 cm³/mol. The molecule has 0 spiro atoms. The molecular formula is C52H89AgCl2N12O13Pt4-. The number of rotatable bonds is 2. The van der Waals surface area contributed by atoms with E-state index in [0.717, 1.165) is 107 Å². The summed E-state index contributed by atoms with van der Waals surface area (Å²) in [7, 11) is 13.3. The van der Waals surface area contributed by atoms with Crippen molar-refractivity contribution in [1.82, 2.24) is 0 Å². The minimum Gasteiger partial charge on any atom is 0 e. The quantitative estimate of drug-likeness (QED) is 0.0587. The number of nitrogens with zero attached hydrogens (tertiary/aromatic N) is 3. The van der Waals surface area contributed by atoms with Crippen LogP contribution in [-0.2, 0) is 102 Å². The fourth-order valence-electron chi connectivity index (χ4n) is 9.25. The molecule has 6 aliphatic rings. The summed E-state index contributed by atoms with van der Waals surface area (Å²) < 4.78 is 0. The van der Waals surface area contributed by atoms with Crippen LogP contribution in [0, 0.1) is 25.4 Å². The van der Waals surface area contributed by atoms with Crippen LogP contribution in [0.25, 0.3) is 39.0 Å². The van der Waals surface area contributed by atoms with Crippen molar-refractivity contribution in [1.29, 1.82) is 0 Å². The van der Waals surface area contributed by atoms with E-state index in [-0.39, 0.29) is 167 Å². The van der Waals surface area contributed by atoms with Gasteiger partial charge in [0.05, 0.1) is 16.2 Å². The first kappa shape index (κ1) is 98.0. The van der Waals surface area contributed by atoms with E-state index in [0.29, 0.717) is 5.78 Å². The molecule has 501 valence electrons. The number of nitrogens with two attached hydrogens (primary N) is 8. The molecule has 0 heterocycles. The van der Waals surface area contributed by atoms with Crippen molar-refractivity contribution in [2.45, 2.75) is 151 Å². The van der Waals surface area contributed by atoms with Crippen LogP contribution >= 0.6 is 18.8 Å². The summed E-state index contributed by atoms with van der Waals surface area (Å²) in [6, 6.07) is 22.4. The zero-order valence-electron chi connectivity index (χ0n) is 46.6. The second kappa shape index (κ2) is 54.9. The van der Waals surface area contributed by atoms with E-state index >= 15 is 0 Å². The maximum Gasteiger partial charge on any atom is 0 e. The summed E-state index contributed by atoms with van der Waals surface area (Å²) in [4.78, 5) is 38.5. The van der Waals surface area contributed by atoms with Crippen molar-refractivity contribution in [2.24, 2.45) is 45.9 Å². The van der Waals surface area contributed by atoms with Crippen molar-refractivity contribution in [2.75, 3.05) is 19.4 Å². The number of halogens is 2. The van der Waals surface area contributed by atoms with Crippen LogP contribution in [0.3, 0.4) is 0 Å². The van der Waals surface area contributed by atoms with Crippen molar-refractivity contribution in [3.8, 4) is 0 Å². The third-order valence-electron chi connectivity index (χ3n) is 13.5. The molecule has 0 bridgehead atoms. The van der Waals surface area contributed by atoms with Gasteiger partial charge in [-0.2, -0.15) is 0 Å². The van der Waals surface area contributed by atoms with Crippen molar-refractivity contribution in [3.63, 3.8) is 0 Å². The van der Waals surface area contributed by atoms with Gasteiger partial charge < -0.3 is 104 Å². The number of anilines is 1. The zero-order chi connectivity index (χ0) is 56.0. The maximum atomic E-state index is 11.9. The summed E-state index contributed by atoms with van der Waals surface area (Å²) in [6.45, 7) is 0. The molecule has 8 atom stereocenters. The molecule has 0 aromatic heterocycles. The van der Waals surface area contributed by atoms with E-state index < -0.39 is 26.7 Å². The molecule has 4 aromatic carbocycles. The first-order valence-corrected chi connectivity index (χ1v) is 30.7. The third-order valence-corrected chi connectivity index (χ3v) is 13.5. The van der Waals surface area contributed by atoms with Gasteiger partial charge >= 0.3 is 41.1 Å². The van der Waals surface area contributed by atoms with Gasteiger partial charge in [-0.1, -0.05) is 112 Å². The second-order valence-corrected chi connectivity index (χ2v) is 22.0. The van der Waals surface area contributed by atoms with Crippen LogP contribution in [0.2, 0.25) is 0 Å². The summed E-state index contributed by atoms with van der Waals surface area (Å²) in [5.41, 5.74) is 50.8. The van der Waals surface area contributed by atoms with E-state index in [1.807, 2.05) is 79.9 Å². The molecule has 10 rings (SSSR count). The van der Waals surface area contributed by atoms with Gasteiger partial charge in [-0.3, -0.25) is 9.59 Å². The molecule has 4 saturated carbocycles.